The number of carbonyl (C=O) groups excluding carboxylic acids is 2. The van der Waals surface area contributed by atoms with E-state index >= 15 is 0 Å². The van der Waals surface area contributed by atoms with Crippen LogP contribution >= 0.6 is 0 Å². The van der Waals surface area contributed by atoms with Gasteiger partial charge in [-0.2, -0.15) is 0 Å². The number of amides is 1. The average molecular weight is 289 g/mol. The standard InChI is InChI=1S/C13H23NO6/c1-5-8(2)6-11(7-12(16)17)14-13(18)20-10(4)19-9(3)15/h8,10-11H,5-7H2,1-4H3,(H,14,18)(H,16,17)/t8-,10-,11+/m1/s1. The number of carboxylic acids is 1. The van der Waals surface area contributed by atoms with Crippen molar-refractivity contribution in [2.75, 3.05) is 0 Å². The lowest BCUT2D eigenvalue weighted by Crippen LogP contribution is -2.39. The number of alkyl carbamates (subject to hydrolysis) is 1. The maximum atomic E-state index is 11.6. The minimum Gasteiger partial charge on any atom is -0.481 e. The van der Waals surface area contributed by atoms with Gasteiger partial charge in [-0.25, -0.2) is 4.79 Å². The fourth-order valence-corrected chi connectivity index (χ4v) is 1.67. The Morgan fingerprint density at radius 2 is 1.80 bits per heavy atom. The number of carboxylic acid groups (broad SMARTS) is 1. The summed E-state index contributed by atoms with van der Waals surface area (Å²) in [6, 6.07) is -0.514. The van der Waals surface area contributed by atoms with Crippen molar-refractivity contribution in [1.29, 1.82) is 0 Å². The third kappa shape index (κ3) is 9.18. The maximum Gasteiger partial charge on any atom is 0.410 e. The minimum atomic E-state index is -1.01. The van der Waals surface area contributed by atoms with Crippen LogP contribution in [0.25, 0.3) is 0 Å². The first-order valence-corrected chi connectivity index (χ1v) is 6.60. The van der Waals surface area contributed by atoms with Gasteiger partial charge in [-0.1, -0.05) is 20.3 Å². The van der Waals surface area contributed by atoms with Gasteiger partial charge < -0.3 is 19.9 Å². The van der Waals surface area contributed by atoms with Gasteiger partial charge in [0.1, 0.15) is 0 Å². The number of nitrogens with one attached hydrogen (secondary N) is 1. The number of carbonyl (C=O) groups is 3. The highest BCUT2D eigenvalue weighted by molar-refractivity contribution is 5.71. The third-order valence-corrected chi connectivity index (χ3v) is 2.73. The molecule has 0 aliphatic rings. The Morgan fingerprint density at radius 1 is 1.20 bits per heavy atom. The van der Waals surface area contributed by atoms with E-state index in [2.05, 4.69) is 10.1 Å². The normalized spacial score (nSPS) is 14.8. The highest BCUT2D eigenvalue weighted by atomic mass is 16.7. The molecular formula is C13H23NO6. The molecule has 3 atom stereocenters. The zero-order valence-electron chi connectivity index (χ0n) is 12.3. The van der Waals surface area contributed by atoms with Crippen LogP contribution in [0.3, 0.4) is 0 Å². The van der Waals surface area contributed by atoms with Crippen molar-refractivity contribution in [3.63, 3.8) is 0 Å². The molecule has 0 aromatic rings. The largest absolute Gasteiger partial charge is 0.481 e. The molecule has 0 saturated carbocycles. The van der Waals surface area contributed by atoms with E-state index in [4.69, 9.17) is 9.84 Å². The Kier molecular flexibility index (Phi) is 8.35. The van der Waals surface area contributed by atoms with Crippen molar-refractivity contribution in [2.45, 2.75) is 59.3 Å². The number of ether oxygens (including phenoxy) is 2. The molecule has 0 spiro atoms. The Balaban J connectivity index is 4.36. The summed E-state index contributed by atoms with van der Waals surface area (Å²) in [5.74, 6) is -1.27. The predicted octanol–water partition coefficient (Wildman–Crippen LogP) is 1.90. The highest BCUT2D eigenvalue weighted by Gasteiger charge is 2.20. The molecule has 0 bridgehead atoms. The minimum absolute atomic E-state index is 0.179. The van der Waals surface area contributed by atoms with Gasteiger partial charge in [0, 0.05) is 19.9 Å². The van der Waals surface area contributed by atoms with E-state index in [0.29, 0.717) is 6.42 Å². The highest BCUT2D eigenvalue weighted by Crippen LogP contribution is 2.12. The van der Waals surface area contributed by atoms with E-state index in [1.54, 1.807) is 0 Å². The van der Waals surface area contributed by atoms with E-state index < -0.39 is 30.4 Å². The van der Waals surface area contributed by atoms with Crippen LogP contribution in [0.2, 0.25) is 0 Å². The summed E-state index contributed by atoms with van der Waals surface area (Å²) >= 11 is 0. The van der Waals surface area contributed by atoms with Crippen molar-refractivity contribution < 1.29 is 29.0 Å². The third-order valence-electron chi connectivity index (χ3n) is 2.73. The molecule has 0 radical (unpaired) electrons. The molecule has 0 aromatic carbocycles. The monoisotopic (exact) mass is 289 g/mol. The van der Waals surface area contributed by atoms with Crippen molar-refractivity contribution >= 4 is 18.0 Å². The molecule has 7 heteroatoms. The Morgan fingerprint density at radius 3 is 2.25 bits per heavy atom. The summed E-state index contributed by atoms with van der Waals surface area (Å²) in [7, 11) is 0. The van der Waals surface area contributed by atoms with Crippen LogP contribution in [0.5, 0.6) is 0 Å². The van der Waals surface area contributed by atoms with Gasteiger partial charge in [-0.15, -0.1) is 0 Å². The molecule has 1 amide bonds. The zero-order chi connectivity index (χ0) is 15.7. The number of rotatable bonds is 8. The molecule has 20 heavy (non-hydrogen) atoms. The first-order chi connectivity index (χ1) is 9.24. The Hall–Kier alpha value is -1.79. The van der Waals surface area contributed by atoms with Crippen LogP contribution in [0, 0.1) is 5.92 Å². The van der Waals surface area contributed by atoms with Gasteiger partial charge >= 0.3 is 18.0 Å². The lowest BCUT2D eigenvalue weighted by molar-refractivity contribution is -0.162. The quantitative estimate of drug-likeness (QED) is 0.522. The molecule has 116 valence electrons. The molecule has 2 N–H and O–H groups in total. The van der Waals surface area contributed by atoms with Crippen LogP contribution in [-0.2, 0) is 19.1 Å². The Labute approximate surface area is 118 Å². The Bertz CT molecular complexity index is 344. The summed E-state index contributed by atoms with van der Waals surface area (Å²) in [5, 5.41) is 11.3. The molecule has 0 aromatic heterocycles. The van der Waals surface area contributed by atoms with E-state index in [1.807, 2.05) is 13.8 Å². The van der Waals surface area contributed by atoms with Crippen LogP contribution in [-0.4, -0.2) is 35.5 Å². The van der Waals surface area contributed by atoms with Crippen molar-refractivity contribution in [1.82, 2.24) is 5.32 Å². The fourth-order valence-electron chi connectivity index (χ4n) is 1.67. The molecule has 0 rings (SSSR count). The zero-order valence-corrected chi connectivity index (χ0v) is 12.3. The SMILES string of the molecule is CC[C@@H](C)C[C@@H](CC(=O)O)NC(=O)O[C@H](C)OC(C)=O. The second kappa shape index (κ2) is 9.17. The molecule has 0 aliphatic carbocycles. The molecule has 0 aliphatic heterocycles. The van der Waals surface area contributed by atoms with Crippen molar-refractivity contribution in [3.8, 4) is 0 Å². The number of esters is 1. The van der Waals surface area contributed by atoms with Crippen molar-refractivity contribution in [3.05, 3.63) is 0 Å². The topological polar surface area (TPSA) is 102 Å². The maximum absolute atomic E-state index is 11.6. The average Bonchev–Trinajstić information content (AvgIpc) is 2.25. The van der Waals surface area contributed by atoms with Gasteiger partial charge in [-0.3, -0.25) is 9.59 Å². The first kappa shape index (κ1) is 18.2. The fraction of sp³-hybridized carbons (Fsp3) is 0.769. The number of hydrogen-bond donors (Lipinski definition) is 2. The van der Waals surface area contributed by atoms with Gasteiger partial charge in [0.25, 0.3) is 0 Å². The van der Waals surface area contributed by atoms with Gasteiger partial charge in [0.15, 0.2) is 0 Å². The second-order valence-electron chi connectivity index (χ2n) is 4.77. The predicted molar refractivity (Wildman–Crippen MR) is 71.0 cm³/mol. The lowest BCUT2D eigenvalue weighted by atomic mass is 9.97. The van der Waals surface area contributed by atoms with Gasteiger partial charge in [0.05, 0.1) is 6.42 Å². The lowest BCUT2D eigenvalue weighted by Gasteiger charge is -2.21. The van der Waals surface area contributed by atoms with Crippen LogP contribution in [0.1, 0.15) is 47.0 Å². The summed E-state index contributed by atoms with van der Waals surface area (Å²) < 4.78 is 9.45. The molecular weight excluding hydrogens is 266 g/mol. The van der Waals surface area contributed by atoms with Gasteiger partial charge in [-0.05, 0) is 12.3 Å². The van der Waals surface area contributed by atoms with E-state index in [1.165, 1.54) is 13.8 Å². The summed E-state index contributed by atoms with van der Waals surface area (Å²) in [5.41, 5.74) is 0. The van der Waals surface area contributed by atoms with E-state index in [-0.39, 0.29) is 12.3 Å². The second-order valence-corrected chi connectivity index (χ2v) is 4.77. The molecule has 0 saturated heterocycles. The molecule has 0 unspecified atom stereocenters. The smallest absolute Gasteiger partial charge is 0.410 e. The number of hydrogen-bond acceptors (Lipinski definition) is 5. The number of aliphatic carboxylic acids is 1. The van der Waals surface area contributed by atoms with E-state index in [9.17, 15) is 14.4 Å². The summed E-state index contributed by atoms with van der Waals surface area (Å²) in [6.45, 7) is 6.57. The molecule has 7 nitrogen and oxygen atoms in total. The molecule has 0 heterocycles. The van der Waals surface area contributed by atoms with Crippen LogP contribution in [0.15, 0.2) is 0 Å². The molecule has 0 fully saturated rings. The first-order valence-electron chi connectivity index (χ1n) is 6.60. The summed E-state index contributed by atoms with van der Waals surface area (Å²) in [6.07, 6.45) is -0.562. The van der Waals surface area contributed by atoms with Crippen molar-refractivity contribution in [2.24, 2.45) is 5.92 Å². The van der Waals surface area contributed by atoms with Gasteiger partial charge in [0.2, 0.25) is 6.29 Å². The van der Waals surface area contributed by atoms with Crippen LogP contribution < -0.4 is 5.32 Å². The summed E-state index contributed by atoms with van der Waals surface area (Å²) in [4.78, 5) is 33.0. The van der Waals surface area contributed by atoms with E-state index in [0.717, 1.165) is 6.42 Å². The van der Waals surface area contributed by atoms with Crippen LogP contribution in [0.4, 0.5) is 4.79 Å².